The molecule has 0 fully saturated rings. The maximum Gasteiger partial charge on any atom is 0.0726 e. The summed E-state index contributed by atoms with van der Waals surface area (Å²) in [6.07, 6.45) is 7.12. The molecule has 106 valence electrons. The lowest BCUT2D eigenvalue weighted by molar-refractivity contribution is 0.709. The topological polar surface area (TPSA) is 38.9 Å². The molecular weight excluding hydrogens is 244 g/mol. The second-order valence-electron chi connectivity index (χ2n) is 6.10. The van der Waals surface area contributed by atoms with Gasteiger partial charge in [0.1, 0.15) is 0 Å². The summed E-state index contributed by atoms with van der Waals surface area (Å²) >= 11 is 0. The van der Waals surface area contributed by atoms with Crippen LogP contribution in [0.3, 0.4) is 0 Å². The molecule has 3 rings (SSSR count). The van der Waals surface area contributed by atoms with Gasteiger partial charge in [-0.15, -0.1) is 0 Å². The van der Waals surface area contributed by atoms with Gasteiger partial charge in [0.25, 0.3) is 0 Å². The predicted octanol–water partition coefficient (Wildman–Crippen LogP) is 4.60. The highest BCUT2D eigenvalue weighted by Gasteiger charge is 2.16. The quantitative estimate of drug-likeness (QED) is 0.808. The third-order valence-corrected chi connectivity index (χ3v) is 4.76. The van der Waals surface area contributed by atoms with E-state index in [0.29, 0.717) is 5.92 Å². The van der Waals surface area contributed by atoms with Gasteiger partial charge in [0.15, 0.2) is 0 Å². The summed E-state index contributed by atoms with van der Waals surface area (Å²) < 4.78 is 0. The van der Waals surface area contributed by atoms with Crippen molar-refractivity contribution in [3.8, 4) is 0 Å². The Balaban J connectivity index is 2.17. The van der Waals surface area contributed by atoms with Crippen molar-refractivity contribution in [2.24, 2.45) is 0 Å². The Labute approximate surface area is 121 Å². The molecule has 2 nitrogen and oxygen atoms in total. The number of aromatic nitrogens is 1. The number of hydrogen-bond donors (Lipinski definition) is 1. The maximum absolute atomic E-state index is 6.48. The zero-order valence-corrected chi connectivity index (χ0v) is 12.6. The zero-order valence-electron chi connectivity index (χ0n) is 12.6. The van der Waals surface area contributed by atoms with Crippen LogP contribution in [0, 0.1) is 0 Å². The first-order valence-electron chi connectivity index (χ1n) is 7.91. The Morgan fingerprint density at radius 1 is 1.20 bits per heavy atom. The highest BCUT2D eigenvalue weighted by molar-refractivity contribution is 5.92. The first-order valence-corrected chi connectivity index (χ1v) is 7.91. The minimum absolute atomic E-state index is 0.581. The van der Waals surface area contributed by atoms with Crippen molar-refractivity contribution in [2.45, 2.75) is 58.3 Å². The number of hydrogen-bond acceptors (Lipinski definition) is 2. The van der Waals surface area contributed by atoms with Gasteiger partial charge in [0.2, 0.25) is 0 Å². The fourth-order valence-corrected chi connectivity index (χ4v) is 3.20. The van der Waals surface area contributed by atoms with E-state index >= 15 is 0 Å². The monoisotopic (exact) mass is 268 g/mol. The largest absolute Gasteiger partial charge is 0.398 e. The fourth-order valence-electron chi connectivity index (χ4n) is 3.20. The van der Waals surface area contributed by atoms with Crippen molar-refractivity contribution < 1.29 is 0 Å². The van der Waals surface area contributed by atoms with Gasteiger partial charge in [-0.2, -0.15) is 0 Å². The van der Waals surface area contributed by atoms with Crippen molar-refractivity contribution in [3.05, 3.63) is 35.0 Å². The summed E-state index contributed by atoms with van der Waals surface area (Å²) in [5.41, 5.74) is 12.5. The van der Waals surface area contributed by atoms with Crippen LogP contribution in [0.2, 0.25) is 0 Å². The van der Waals surface area contributed by atoms with E-state index in [1.165, 1.54) is 36.1 Å². The van der Waals surface area contributed by atoms with Crippen LogP contribution in [-0.2, 0) is 12.8 Å². The number of aryl methyl sites for hydroxylation is 1. The van der Waals surface area contributed by atoms with E-state index in [0.717, 1.165) is 35.9 Å². The van der Waals surface area contributed by atoms with Crippen molar-refractivity contribution in [1.29, 1.82) is 0 Å². The van der Waals surface area contributed by atoms with Crippen molar-refractivity contribution in [1.82, 2.24) is 4.98 Å². The summed E-state index contributed by atoms with van der Waals surface area (Å²) in [5, 5.41) is 1.16. The van der Waals surface area contributed by atoms with Gasteiger partial charge in [0, 0.05) is 16.8 Å². The first-order chi connectivity index (χ1) is 9.70. The number of nitrogens with zero attached hydrogens (tertiary/aromatic N) is 1. The average molecular weight is 268 g/mol. The molecule has 0 saturated carbocycles. The van der Waals surface area contributed by atoms with E-state index in [1.807, 2.05) is 0 Å². The smallest absolute Gasteiger partial charge is 0.0726 e. The van der Waals surface area contributed by atoms with Gasteiger partial charge in [-0.05, 0) is 61.3 Å². The minimum atomic E-state index is 0.581. The number of anilines is 1. The Kier molecular flexibility index (Phi) is 3.64. The van der Waals surface area contributed by atoms with Crippen LogP contribution in [0.25, 0.3) is 10.9 Å². The average Bonchev–Trinajstić information content (AvgIpc) is 2.72. The standard InChI is InChI=1S/C18H24N2/c1-3-12(2)13-9-10-17-15(11-13)18(19)14-7-5-4-6-8-16(14)20-17/h9-12H,3-8H2,1-2H3,(H2,19,20). The normalized spacial score (nSPS) is 16.7. The second kappa shape index (κ2) is 5.43. The van der Waals surface area contributed by atoms with Crippen LogP contribution in [0.5, 0.6) is 0 Å². The zero-order chi connectivity index (χ0) is 14.1. The highest BCUT2D eigenvalue weighted by Crippen LogP contribution is 2.32. The molecule has 0 amide bonds. The van der Waals surface area contributed by atoms with Crippen LogP contribution in [0.1, 0.15) is 62.3 Å². The van der Waals surface area contributed by atoms with E-state index in [4.69, 9.17) is 10.7 Å². The molecule has 0 saturated heterocycles. The number of rotatable bonds is 2. The Hall–Kier alpha value is -1.57. The van der Waals surface area contributed by atoms with Crippen molar-refractivity contribution in [2.75, 3.05) is 5.73 Å². The van der Waals surface area contributed by atoms with Gasteiger partial charge in [-0.3, -0.25) is 4.98 Å². The third kappa shape index (κ3) is 2.28. The van der Waals surface area contributed by atoms with Crippen LogP contribution in [-0.4, -0.2) is 4.98 Å². The minimum Gasteiger partial charge on any atom is -0.398 e. The van der Waals surface area contributed by atoms with E-state index < -0.39 is 0 Å². The molecule has 1 aliphatic rings. The molecule has 1 aliphatic carbocycles. The van der Waals surface area contributed by atoms with E-state index in [9.17, 15) is 0 Å². The second-order valence-corrected chi connectivity index (χ2v) is 6.10. The van der Waals surface area contributed by atoms with Crippen molar-refractivity contribution >= 4 is 16.6 Å². The van der Waals surface area contributed by atoms with Gasteiger partial charge in [0.05, 0.1) is 5.52 Å². The molecule has 0 spiro atoms. The Bertz CT molecular complexity index is 631. The molecule has 1 aromatic carbocycles. The molecule has 0 aliphatic heterocycles. The molecule has 20 heavy (non-hydrogen) atoms. The van der Waals surface area contributed by atoms with E-state index in [-0.39, 0.29) is 0 Å². The van der Waals surface area contributed by atoms with E-state index in [2.05, 4.69) is 32.0 Å². The molecular formula is C18H24N2. The van der Waals surface area contributed by atoms with Gasteiger partial charge in [-0.25, -0.2) is 0 Å². The first kappa shape index (κ1) is 13.4. The molecule has 1 unspecified atom stereocenters. The number of benzene rings is 1. The Morgan fingerprint density at radius 2 is 2.00 bits per heavy atom. The predicted molar refractivity (Wildman–Crippen MR) is 86.1 cm³/mol. The Morgan fingerprint density at radius 3 is 2.80 bits per heavy atom. The molecule has 0 radical (unpaired) electrons. The summed E-state index contributed by atoms with van der Waals surface area (Å²) in [5.74, 6) is 0.581. The number of fused-ring (bicyclic) bond motifs is 2. The molecule has 1 heterocycles. The lowest BCUT2D eigenvalue weighted by Gasteiger charge is -2.15. The summed E-state index contributed by atoms with van der Waals surface area (Å²) in [7, 11) is 0. The fraction of sp³-hybridized carbons (Fsp3) is 0.500. The third-order valence-electron chi connectivity index (χ3n) is 4.76. The van der Waals surface area contributed by atoms with Gasteiger partial charge < -0.3 is 5.73 Å². The molecule has 2 N–H and O–H groups in total. The summed E-state index contributed by atoms with van der Waals surface area (Å²) in [6.45, 7) is 4.50. The van der Waals surface area contributed by atoms with Crippen molar-refractivity contribution in [3.63, 3.8) is 0 Å². The lowest BCUT2D eigenvalue weighted by Crippen LogP contribution is -2.03. The van der Waals surface area contributed by atoms with E-state index in [1.54, 1.807) is 0 Å². The molecule has 1 aromatic heterocycles. The van der Waals surface area contributed by atoms with Crippen LogP contribution in [0.15, 0.2) is 18.2 Å². The lowest BCUT2D eigenvalue weighted by atomic mass is 9.95. The van der Waals surface area contributed by atoms with Gasteiger partial charge in [-0.1, -0.05) is 26.3 Å². The number of nitrogen functional groups attached to an aromatic ring is 1. The molecule has 2 aromatic rings. The maximum atomic E-state index is 6.48. The van der Waals surface area contributed by atoms with Crippen LogP contribution in [0.4, 0.5) is 5.69 Å². The highest BCUT2D eigenvalue weighted by atomic mass is 14.7. The number of nitrogens with two attached hydrogens (primary N) is 1. The summed E-state index contributed by atoms with van der Waals surface area (Å²) in [4.78, 5) is 4.88. The molecule has 1 atom stereocenters. The number of pyridine rings is 1. The van der Waals surface area contributed by atoms with Crippen LogP contribution < -0.4 is 5.73 Å². The SMILES string of the molecule is CCC(C)c1ccc2nc3c(c(N)c2c1)CCCCC3. The molecule has 0 bridgehead atoms. The molecule has 2 heteroatoms. The van der Waals surface area contributed by atoms with Crippen LogP contribution >= 0.6 is 0 Å². The van der Waals surface area contributed by atoms with Gasteiger partial charge >= 0.3 is 0 Å². The summed E-state index contributed by atoms with van der Waals surface area (Å²) in [6, 6.07) is 6.63.